The first-order valence-corrected chi connectivity index (χ1v) is 9.45. The molecule has 2 aromatic heterocycles. The van der Waals surface area contributed by atoms with Gasteiger partial charge in [0.2, 0.25) is 5.91 Å². The summed E-state index contributed by atoms with van der Waals surface area (Å²) in [7, 11) is 1.68. The number of aromatic nitrogens is 2. The summed E-state index contributed by atoms with van der Waals surface area (Å²) in [5, 5.41) is 5.44. The Balaban J connectivity index is 1.98. The number of fused-ring (bicyclic) bond motifs is 3. The van der Waals surface area contributed by atoms with Gasteiger partial charge >= 0.3 is 0 Å². The molecule has 3 rings (SSSR count). The third-order valence-electron chi connectivity index (χ3n) is 4.89. The fourth-order valence-electron chi connectivity index (χ4n) is 3.51. The van der Waals surface area contributed by atoms with Gasteiger partial charge in [-0.15, -0.1) is 0 Å². The van der Waals surface area contributed by atoms with Crippen molar-refractivity contribution in [2.24, 2.45) is 5.92 Å². The highest BCUT2D eigenvalue weighted by Crippen LogP contribution is 2.33. The largest absolute Gasteiger partial charge is 0.497 e. The third-order valence-corrected chi connectivity index (χ3v) is 4.89. The summed E-state index contributed by atoms with van der Waals surface area (Å²) >= 11 is 0. The molecule has 0 aliphatic heterocycles. The predicted octanol–water partition coefficient (Wildman–Crippen LogP) is 4.45. The molecule has 5 heteroatoms. The average Bonchev–Trinajstić information content (AvgIpc) is 2.92. The smallest absolute Gasteiger partial charge is 0.223 e. The maximum atomic E-state index is 12.5. The molecule has 5 nitrogen and oxygen atoms in total. The first-order chi connectivity index (χ1) is 12.7. The van der Waals surface area contributed by atoms with E-state index in [1.165, 1.54) is 10.8 Å². The van der Waals surface area contributed by atoms with Crippen LogP contribution in [0.15, 0.2) is 30.5 Å². The van der Waals surface area contributed by atoms with Gasteiger partial charge in [0, 0.05) is 41.0 Å². The lowest BCUT2D eigenvalue weighted by Gasteiger charge is -2.23. The van der Waals surface area contributed by atoms with Gasteiger partial charge in [0.15, 0.2) is 0 Å². The van der Waals surface area contributed by atoms with Gasteiger partial charge in [-0.1, -0.05) is 6.92 Å². The molecule has 0 spiro atoms. The molecule has 3 aromatic rings. The number of nitrogens with one attached hydrogen (secondary N) is 1. The molecule has 0 saturated heterocycles. The van der Waals surface area contributed by atoms with Crippen LogP contribution in [0, 0.1) is 12.8 Å². The molecule has 0 bridgehead atoms. The Labute approximate surface area is 160 Å². The molecule has 1 aromatic carbocycles. The number of hydrogen-bond donors (Lipinski definition) is 1. The van der Waals surface area contributed by atoms with Crippen molar-refractivity contribution in [3.8, 4) is 5.75 Å². The maximum absolute atomic E-state index is 12.5. The molecule has 2 heterocycles. The first-order valence-electron chi connectivity index (χ1n) is 9.45. The Hall–Kier alpha value is -2.56. The fraction of sp³-hybridized carbons (Fsp3) is 0.455. The summed E-state index contributed by atoms with van der Waals surface area (Å²) in [6, 6.07) is 8.21. The normalized spacial score (nSPS) is 13.1. The number of carbonyl (C=O) groups excluding carboxylic acids is 1. The van der Waals surface area contributed by atoms with Gasteiger partial charge in [-0.05, 0) is 52.3 Å². The van der Waals surface area contributed by atoms with E-state index in [2.05, 4.69) is 33.1 Å². The molecule has 0 radical (unpaired) electrons. The summed E-state index contributed by atoms with van der Waals surface area (Å²) in [6.07, 6.45) is 2.61. The number of pyridine rings is 1. The summed E-state index contributed by atoms with van der Waals surface area (Å²) in [6.45, 7) is 10.8. The lowest BCUT2D eigenvalue weighted by Crippen LogP contribution is -2.43. The minimum atomic E-state index is -0.216. The van der Waals surface area contributed by atoms with Crippen molar-refractivity contribution in [3.05, 3.63) is 36.2 Å². The summed E-state index contributed by atoms with van der Waals surface area (Å²) in [5.74, 6) is 0.852. The highest BCUT2D eigenvalue weighted by Gasteiger charge is 2.20. The Morgan fingerprint density at radius 2 is 2.00 bits per heavy atom. The second-order valence-electron chi connectivity index (χ2n) is 8.26. The van der Waals surface area contributed by atoms with Gasteiger partial charge in [-0.3, -0.25) is 9.78 Å². The van der Waals surface area contributed by atoms with E-state index in [4.69, 9.17) is 4.74 Å². The molecule has 144 valence electrons. The van der Waals surface area contributed by atoms with E-state index in [9.17, 15) is 4.79 Å². The zero-order valence-electron chi connectivity index (χ0n) is 17.1. The monoisotopic (exact) mass is 367 g/mol. The van der Waals surface area contributed by atoms with Crippen LogP contribution >= 0.6 is 0 Å². The lowest BCUT2D eigenvalue weighted by atomic mass is 10.0. The van der Waals surface area contributed by atoms with Crippen molar-refractivity contribution in [1.29, 1.82) is 0 Å². The average molecular weight is 367 g/mol. The van der Waals surface area contributed by atoms with E-state index in [0.717, 1.165) is 35.4 Å². The number of aryl methyl sites for hydroxylation is 2. The van der Waals surface area contributed by atoms with Crippen LogP contribution < -0.4 is 10.1 Å². The molecule has 0 saturated carbocycles. The Morgan fingerprint density at radius 1 is 1.26 bits per heavy atom. The number of rotatable bonds is 5. The Morgan fingerprint density at radius 3 is 2.67 bits per heavy atom. The predicted molar refractivity (Wildman–Crippen MR) is 110 cm³/mol. The van der Waals surface area contributed by atoms with Crippen molar-refractivity contribution >= 4 is 27.7 Å². The maximum Gasteiger partial charge on any atom is 0.223 e. The summed E-state index contributed by atoms with van der Waals surface area (Å²) in [5.41, 5.74) is 3.02. The summed E-state index contributed by atoms with van der Waals surface area (Å²) < 4.78 is 7.70. The van der Waals surface area contributed by atoms with Crippen molar-refractivity contribution in [1.82, 2.24) is 14.9 Å². The number of methoxy groups -OCH3 is 1. The van der Waals surface area contributed by atoms with E-state index in [-0.39, 0.29) is 17.4 Å². The highest BCUT2D eigenvalue weighted by atomic mass is 16.5. The molecule has 1 amide bonds. The number of amides is 1. The Bertz CT molecular complexity index is 983. The number of carbonyl (C=O) groups is 1. The molecule has 1 atom stereocenters. The van der Waals surface area contributed by atoms with Gasteiger partial charge in [-0.25, -0.2) is 0 Å². The van der Waals surface area contributed by atoms with Crippen LogP contribution in [0.1, 0.15) is 39.8 Å². The van der Waals surface area contributed by atoms with E-state index < -0.39 is 0 Å². The van der Waals surface area contributed by atoms with Crippen LogP contribution in [0.25, 0.3) is 21.8 Å². The molecule has 0 fully saturated rings. The molecule has 1 N–H and O–H groups in total. The van der Waals surface area contributed by atoms with Gasteiger partial charge in [0.05, 0.1) is 23.8 Å². The fourth-order valence-corrected chi connectivity index (χ4v) is 3.51. The second kappa shape index (κ2) is 7.22. The van der Waals surface area contributed by atoms with E-state index in [1.54, 1.807) is 7.11 Å². The molecule has 27 heavy (non-hydrogen) atoms. The zero-order chi connectivity index (χ0) is 19.8. The van der Waals surface area contributed by atoms with E-state index in [0.29, 0.717) is 0 Å². The SMILES string of the molecule is COc1ccc2c3ccnc(C)c3n(CCC(C)C(=O)NC(C)(C)C)c2c1. The molecule has 0 aliphatic carbocycles. The van der Waals surface area contributed by atoms with Gasteiger partial charge in [0.25, 0.3) is 0 Å². The third kappa shape index (κ3) is 3.92. The number of benzene rings is 1. The van der Waals surface area contributed by atoms with Gasteiger partial charge in [0.1, 0.15) is 5.75 Å². The summed E-state index contributed by atoms with van der Waals surface area (Å²) in [4.78, 5) is 16.9. The molecular formula is C22H29N3O2. The lowest BCUT2D eigenvalue weighted by molar-refractivity contribution is -0.126. The number of hydrogen-bond acceptors (Lipinski definition) is 3. The number of ether oxygens (including phenoxy) is 1. The molecule has 0 aliphatic rings. The standard InChI is InChI=1S/C22H29N3O2/c1-14(21(26)24-22(3,4)5)10-12-25-19-13-16(27-6)7-8-17(19)18-9-11-23-15(2)20(18)25/h7-9,11,13-14H,10,12H2,1-6H3,(H,24,26). The van der Waals surface area contributed by atoms with E-state index in [1.807, 2.05) is 46.9 Å². The van der Waals surface area contributed by atoms with Crippen LogP contribution in [0.4, 0.5) is 0 Å². The first kappa shape index (κ1) is 19.2. The van der Waals surface area contributed by atoms with Crippen LogP contribution in [-0.2, 0) is 11.3 Å². The van der Waals surface area contributed by atoms with Crippen LogP contribution in [0.3, 0.4) is 0 Å². The van der Waals surface area contributed by atoms with Gasteiger partial charge in [-0.2, -0.15) is 0 Å². The van der Waals surface area contributed by atoms with Crippen LogP contribution in [0.5, 0.6) is 5.75 Å². The van der Waals surface area contributed by atoms with Crippen molar-refractivity contribution < 1.29 is 9.53 Å². The van der Waals surface area contributed by atoms with Crippen molar-refractivity contribution in [3.63, 3.8) is 0 Å². The second-order valence-corrected chi connectivity index (χ2v) is 8.26. The van der Waals surface area contributed by atoms with E-state index >= 15 is 0 Å². The topological polar surface area (TPSA) is 56.2 Å². The minimum Gasteiger partial charge on any atom is -0.497 e. The zero-order valence-corrected chi connectivity index (χ0v) is 17.1. The quantitative estimate of drug-likeness (QED) is 0.725. The van der Waals surface area contributed by atoms with Crippen molar-refractivity contribution in [2.75, 3.05) is 7.11 Å². The van der Waals surface area contributed by atoms with Crippen LogP contribution in [-0.4, -0.2) is 28.1 Å². The van der Waals surface area contributed by atoms with Crippen LogP contribution in [0.2, 0.25) is 0 Å². The van der Waals surface area contributed by atoms with Gasteiger partial charge < -0.3 is 14.6 Å². The van der Waals surface area contributed by atoms with Crippen molar-refractivity contribution in [2.45, 2.75) is 53.1 Å². The minimum absolute atomic E-state index is 0.0701. The Kier molecular flexibility index (Phi) is 5.13. The molecule has 1 unspecified atom stereocenters. The highest BCUT2D eigenvalue weighted by molar-refractivity contribution is 6.09. The molecular weight excluding hydrogens is 338 g/mol. The number of nitrogens with zero attached hydrogens (tertiary/aromatic N) is 2.